The van der Waals surface area contributed by atoms with Crippen molar-refractivity contribution in [2.45, 2.75) is 19.4 Å². The number of aromatic hydroxyl groups is 1. The maximum atomic E-state index is 13.6. The molecule has 2 aromatic rings. The van der Waals surface area contributed by atoms with Crippen molar-refractivity contribution < 1.29 is 9.50 Å². The second kappa shape index (κ2) is 5.98. The van der Waals surface area contributed by atoms with Gasteiger partial charge in [0.25, 0.3) is 0 Å². The first-order valence-electron chi connectivity index (χ1n) is 5.89. The lowest BCUT2D eigenvalue weighted by atomic mass is 10.1. The summed E-state index contributed by atoms with van der Waals surface area (Å²) < 4.78 is 13.6. The van der Waals surface area contributed by atoms with Gasteiger partial charge in [0.1, 0.15) is 11.6 Å². The van der Waals surface area contributed by atoms with Crippen LogP contribution in [0.4, 0.5) is 4.39 Å². The molecule has 0 aliphatic rings. The molecule has 0 radical (unpaired) electrons. The Balaban J connectivity index is 1.89. The van der Waals surface area contributed by atoms with E-state index in [4.69, 9.17) is 5.11 Å². The van der Waals surface area contributed by atoms with Crippen LogP contribution in [0.15, 0.2) is 35.0 Å². The minimum Gasteiger partial charge on any atom is -0.508 e. The van der Waals surface area contributed by atoms with Gasteiger partial charge in [-0.3, -0.25) is 0 Å². The third-order valence-electron chi connectivity index (χ3n) is 2.89. The van der Waals surface area contributed by atoms with Gasteiger partial charge in [0, 0.05) is 17.7 Å². The Bertz CT molecular complexity index is 499. The Kier molecular flexibility index (Phi) is 4.33. The number of phenols is 1. The molecule has 96 valence electrons. The molecule has 0 fully saturated rings. The summed E-state index contributed by atoms with van der Waals surface area (Å²) in [6, 6.07) is 6.30. The summed E-state index contributed by atoms with van der Waals surface area (Å²) >= 11 is 1.68. The number of rotatable bonds is 5. The maximum Gasteiger partial charge on any atom is 0.131 e. The van der Waals surface area contributed by atoms with Crippen molar-refractivity contribution in [2.75, 3.05) is 6.54 Å². The van der Waals surface area contributed by atoms with Gasteiger partial charge in [0.15, 0.2) is 0 Å². The number of hydrogen-bond donors (Lipinski definition) is 2. The highest BCUT2D eigenvalue weighted by Crippen LogP contribution is 2.20. The van der Waals surface area contributed by atoms with E-state index in [1.165, 1.54) is 11.6 Å². The molecule has 0 aliphatic heterocycles. The molecule has 1 heterocycles. The monoisotopic (exact) mass is 265 g/mol. The highest BCUT2D eigenvalue weighted by atomic mass is 32.1. The minimum atomic E-state index is -0.370. The average molecular weight is 265 g/mol. The summed E-state index contributed by atoms with van der Waals surface area (Å²) in [5.41, 5.74) is 1.88. The maximum absolute atomic E-state index is 13.6. The Morgan fingerprint density at radius 3 is 2.89 bits per heavy atom. The molecule has 0 amide bonds. The van der Waals surface area contributed by atoms with Crippen LogP contribution in [0.3, 0.4) is 0 Å². The molecular weight excluding hydrogens is 249 g/mol. The summed E-state index contributed by atoms with van der Waals surface area (Å²) in [5.74, 6) is -0.410. The molecule has 1 atom stereocenters. The number of nitrogens with one attached hydrogen (secondary N) is 1. The number of benzene rings is 1. The van der Waals surface area contributed by atoms with Crippen molar-refractivity contribution in [3.63, 3.8) is 0 Å². The lowest BCUT2D eigenvalue weighted by molar-refractivity contribution is 0.464. The van der Waals surface area contributed by atoms with Crippen molar-refractivity contribution in [2.24, 2.45) is 0 Å². The van der Waals surface area contributed by atoms with Crippen molar-refractivity contribution in [1.82, 2.24) is 5.32 Å². The number of halogens is 1. The van der Waals surface area contributed by atoms with Crippen LogP contribution in [-0.2, 0) is 6.42 Å². The molecule has 0 aliphatic carbocycles. The van der Waals surface area contributed by atoms with Crippen LogP contribution < -0.4 is 5.32 Å². The van der Waals surface area contributed by atoms with Crippen molar-refractivity contribution >= 4 is 11.3 Å². The molecule has 2 nitrogen and oxygen atoms in total. The van der Waals surface area contributed by atoms with E-state index >= 15 is 0 Å². The molecule has 1 aromatic carbocycles. The van der Waals surface area contributed by atoms with E-state index in [0.717, 1.165) is 19.0 Å². The fourth-order valence-electron chi connectivity index (χ4n) is 1.85. The van der Waals surface area contributed by atoms with Gasteiger partial charge >= 0.3 is 0 Å². The largest absolute Gasteiger partial charge is 0.508 e. The zero-order valence-electron chi connectivity index (χ0n) is 10.2. The van der Waals surface area contributed by atoms with Crippen LogP contribution in [0.25, 0.3) is 0 Å². The highest BCUT2D eigenvalue weighted by Gasteiger charge is 2.10. The number of thiophene rings is 1. The molecule has 0 saturated carbocycles. The molecule has 2 N–H and O–H groups in total. The predicted molar refractivity (Wildman–Crippen MR) is 72.5 cm³/mol. The van der Waals surface area contributed by atoms with Gasteiger partial charge in [-0.15, -0.1) is 0 Å². The van der Waals surface area contributed by atoms with Crippen molar-refractivity contribution in [3.8, 4) is 5.75 Å². The summed E-state index contributed by atoms with van der Waals surface area (Å²) in [6.45, 7) is 2.72. The van der Waals surface area contributed by atoms with Gasteiger partial charge in [-0.25, -0.2) is 4.39 Å². The van der Waals surface area contributed by atoms with E-state index in [2.05, 4.69) is 22.1 Å². The first-order chi connectivity index (χ1) is 8.66. The zero-order valence-corrected chi connectivity index (χ0v) is 11.0. The Morgan fingerprint density at radius 1 is 1.39 bits per heavy atom. The summed E-state index contributed by atoms with van der Waals surface area (Å²) in [6.07, 6.45) is 0.938. The average Bonchev–Trinajstić information content (AvgIpc) is 2.81. The molecular formula is C14H16FNOS. The van der Waals surface area contributed by atoms with Crippen LogP contribution in [0.1, 0.15) is 24.1 Å². The summed E-state index contributed by atoms with van der Waals surface area (Å²) in [4.78, 5) is 0. The second-order valence-corrected chi connectivity index (χ2v) is 5.04. The van der Waals surface area contributed by atoms with E-state index in [1.54, 1.807) is 17.4 Å². The molecule has 0 bridgehead atoms. The predicted octanol–water partition coefficient (Wildman–Crippen LogP) is 3.49. The Labute approximate surface area is 110 Å². The Morgan fingerprint density at radius 2 is 2.22 bits per heavy atom. The summed E-state index contributed by atoms with van der Waals surface area (Å²) in [7, 11) is 0. The summed E-state index contributed by atoms with van der Waals surface area (Å²) in [5, 5.41) is 16.6. The lowest BCUT2D eigenvalue weighted by Gasteiger charge is -2.15. The van der Waals surface area contributed by atoms with Gasteiger partial charge < -0.3 is 10.4 Å². The van der Waals surface area contributed by atoms with E-state index in [-0.39, 0.29) is 17.6 Å². The van der Waals surface area contributed by atoms with Gasteiger partial charge in [-0.05, 0) is 48.3 Å². The molecule has 0 saturated heterocycles. The molecule has 0 spiro atoms. The highest BCUT2D eigenvalue weighted by molar-refractivity contribution is 7.07. The van der Waals surface area contributed by atoms with Crippen molar-refractivity contribution in [3.05, 3.63) is 52.0 Å². The van der Waals surface area contributed by atoms with Gasteiger partial charge in [0.05, 0.1) is 0 Å². The fourth-order valence-corrected chi connectivity index (χ4v) is 2.55. The SMILES string of the molecule is CC(NCCc1ccsc1)c1ccc(O)cc1F. The molecule has 18 heavy (non-hydrogen) atoms. The first kappa shape index (κ1) is 13.1. The van der Waals surface area contributed by atoms with E-state index < -0.39 is 0 Å². The number of phenolic OH excluding ortho intramolecular Hbond substituents is 1. The molecule has 1 aromatic heterocycles. The topological polar surface area (TPSA) is 32.3 Å². The minimum absolute atomic E-state index is 0.0401. The van der Waals surface area contributed by atoms with Gasteiger partial charge in [-0.2, -0.15) is 11.3 Å². The first-order valence-corrected chi connectivity index (χ1v) is 6.84. The lowest BCUT2D eigenvalue weighted by Crippen LogP contribution is -2.22. The molecule has 1 unspecified atom stereocenters. The van der Waals surface area contributed by atoms with Crippen LogP contribution in [0.5, 0.6) is 5.75 Å². The van der Waals surface area contributed by atoms with E-state index in [9.17, 15) is 4.39 Å². The smallest absolute Gasteiger partial charge is 0.131 e. The standard InChI is InChI=1S/C14H16FNOS/c1-10(13-3-2-12(17)8-14(13)15)16-6-4-11-5-7-18-9-11/h2-3,5,7-10,16-17H,4,6H2,1H3. The van der Waals surface area contributed by atoms with Gasteiger partial charge in [-0.1, -0.05) is 6.07 Å². The third-order valence-corrected chi connectivity index (χ3v) is 3.63. The fraction of sp³-hybridized carbons (Fsp3) is 0.286. The normalized spacial score (nSPS) is 12.6. The molecule has 4 heteroatoms. The quantitative estimate of drug-likeness (QED) is 0.867. The van der Waals surface area contributed by atoms with Crippen LogP contribution in [0.2, 0.25) is 0 Å². The van der Waals surface area contributed by atoms with Crippen molar-refractivity contribution in [1.29, 1.82) is 0 Å². The van der Waals surface area contributed by atoms with E-state index in [1.807, 2.05) is 6.92 Å². The molecule has 2 rings (SSSR count). The number of hydrogen-bond acceptors (Lipinski definition) is 3. The third kappa shape index (κ3) is 3.31. The zero-order chi connectivity index (χ0) is 13.0. The van der Waals surface area contributed by atoms with Gasteiger partial charge in [0.2, 0.25) is 0 Å². The van der Waals surface area contributed by atoms with E-state index in [0.29, 0.717) is 5.56 Å². The van der Waals surface area contributed by atoms with Crippen LogP contribution >= 0.6 is 11.3 Å². The second-order valence-electron chi connectivity index (χ2n) is 4.26. The van der Waals surface area contributed by atoms with Crippen LogP contribution in [-0.4, -0.2) is 11.7 Å². The van der Waals surface area contributed by atoms with Crippen LogP contribution in [0, 0.1) is 5.82 Å². The Hall–Kier alpha value is -1.39.